The van der Waals surface area contributed by atoms with Crippen molar-refractivity contribution in [1.82, 2.24) is 19.3 Å². The van der Waals surface area contributed by atoms with E-state index < -0.39 is 16.0 Å². The van der Waals surface area contributed by atoms with Gasteiger partial charge in [0.25, 0.3) is 10.2 Å². The van der Waals surface area contributed by atoms with Crippen LogP contribution in [0.4, 0.5) is 4.39 Å². The first-order chi connectivity index (χ1) is 12.4. The largest absolute Gasteiger partial charge is 0.497 e. The molecule has 0 amide bonds. The Morgan fingerprint density at radius 3 is 2.77 bits per heavy atom. The highest BCUT2D eigenvalue weighted by molar-refractivity contribution is 7.86. The minimum Gasteiger partial charge on any atom is -0.497 e. The summed E-state index contributed by atoms with van der Waals surface area (Å²) in [4.78, 5) is 0. The Morgan fingerprint density at radius 2 is 2.04 bits per heavy atom. The SMILES string of the molecule is COc1ccc2c(c1)nnn2-c1cc2c(cc1F)CN(S(N)(=O)=O)CC2. The van der Waals surface area contributed by atoms with Gasteiger partial charge in [0, 0.05) is 19.2 Å². The average molecular weight is 377 g/mol. The molecule has 0 fully saturated rings. The van der Waals surface area contributed by atoms with Crippen LogP contribution in [0.5, 0.6) is 5.75 Å². The van der Waals surface area contributed by atoms with E-state index in [4.69, 9.17) is 9.88 Å². The van der Waals surface area contributed by atoms with Crippen LogP contribution in [0.2, 0.25) is 0 Å². The van der Waals surface area contributed by atoms with Crippen LogP contribution in [0, 0.1) is 5.82 Å². The summed E-state index contributed by atoms with van der Waals surface area (Å²) >= 11 is 0. The van der Waals surface area contributed by atoms with E-state index in [0.29, 0.717) is 28.8 Å². The molecule has 0 atom stereocenters. The topological polar surface area (TPSA) is 103 Å². The van der Waals surface area contributed by atoms with Crippen LogP contribution in [0.1, 0.15) is 11.1 Å². The molecule has 10 heteroatoms. The van der Waals surface area contributed by atoms with E-state index in [1.807, 2.05) is 0 Å². The number of rotatable bonds is 3. The molecule has 0 aliphatic carbocycles. The van der Waals surface area contributed by atoms with Crippen molar-refractivity contribution in [2.24, 2.45) is 5.14 Å². The number of aromatic nitrogens is 3. The van der Waals surface area contributed by atoms with Gasteiger partial charge in [0.05, 0.1) is 12.6 Å². The maximum absolute atomic E-state index is 14.7. The van der Waals surface area contributed by atoms with Crippen LogP contribution in [0.3, 0.4) is 0 Å². The number of ether oxygens (including phenoxy) is 1. The van der Waals surface area contributed by atoms with Gasteiger partial charge in [0.1, 0.15) is 22.8 Å². The lowest BCUT2D eigenvalue weighted by molar-refractivity contribution is 0.390. The monoisotopic (exact) mass is 377 g/mol. The minimum atomic E-state index is -3.80. The molecular formula is C16H16FN5O3S. The summed E-state index contributed by atoms with van der Waals surface area (Å²) in [5.74, 6) is 0.126. The lowest BCUT2D eigenvalue weighted by atomic mass is 10.00. The fourth-order valence-corrected chi connectivity index (χ4v) is 3.79. The van der Waals surface area contributed by atoms with Crippen LogP contribution in [-0.4, -0.2) is 41.4 Å². The van der Waals surface area contributed by atoms with E-state index in [2.05, 4.69) is 10.3 Å². The average Bonchev–Trinajstić information content (AvgIpc) is 3.02. The van der Waals surface area contributed by atoms with Crippen molar-refractivity contribution < 1.29 is 17.5 Å². The van der Waals surface area contributed by atoms with E-state index in [9.17, 15) is 12.8 Å². The number of hydrogen-bond acceptors (Lipinski definition) is 5. The Kier molecular flexibility index (Phi) is 3.90. The van der Waals surface area contributed by atoms with Crippen LogP contribution >= 0.6 is 0 Å². The summed E-state index contributed by atoms with van der Waals surface area (Å²) in [6.07, 6.45) is 0.444. The first-order valence-corrected chi connectivity index (χ1v) is 9.36. The number of halogens is 1. The molecule has 2 aromatic carbocycles. The predicted molar refractivity (Wildman–Crippen MR) is 92.6 cm³/mol. The second-order valence-electron chi connectivity index (χ2n) is 6.06. The number of nitrogens with zero attached hydrogens (tertiary/aromatic N) is 4. The molecule has 1 aliphatic heterocycles. The second-order valence-corrected chi connectivity index (χ2v) is 7.60. The first kappa shape index (κ1) is 16.9. The zero-order chi connectivity index (χ0) is 18.5. The standard InChI is InChI=1S/C16H16FN5O3S/c1-25-12-2-3-15-14(8-12)19-20-22(15)16-7-10-4-5-21(26(18,23)24)9-11(10)6-13(16)17/h2-3,6-8H,4-5,9H2,1H3,(H2,18,23,24). The lowest BCUT2D eigenvalue weighted by Gasteiger charge is -2.26. The summed E-state index contributed by atoms with van der Waals surface area (Å²) in [5.41, 5.74) is 2.95. The zero-order valence-corrected chi connectivity index (χ0v) is 14.7. The summed E-state index contributed by atoms with van der Waals surface area (Å²) in [6, 6.07) is 8.25. The van der Waals surface area contributed by atoms with Crippen molar-refractivity contribution in [3.05, 3.63) is 47.3 Å². The molecule has 3 aromatic rings. The number of hydrogen-bond donors (Lipinski definition) is 1. The van der Waals surface area contributed by atoms with Crippen molar-refractivity contribution in [3.8, 4) is 11.4 Å². The van der Waals surface area contributed by atoms with Crippen LogP contribution in [-0.2, 0) is 23.2 Å². The molecule has 1 aromatic heterocycles. The maximum atomic E-state index is 14.7. The predicted octanol–water partition coefficient (Wildman–Crippen LogP) is 1.13. The van der Waals surface area contributed by atoms with Crippen molar-refractivity contribution in [1.29, 1.82) is 0 Å². The third-order valence-corrected chi connectivity index (χ3v) is 5.52. The van der Waals surface area contributed by atoms with Crippen molar-refractivity contribution in [2.75, 3.05) is 13.7 Å². The number of methoxy groups -OCH3 is 1. The van der Waals surface area contributed by atoms with Crippen molar-refractivity contribution in [2.45, 2.75) is 13.0 Å². The molecule has 0 saturated carbocycles. The van der Waals surface area contributed by atoms with E-state index in [1.165, 1.54) is 10.7 Å². The molecule has 1 aliphatic rings. The van der Waals surface area contributed by atoms with Gasteiger partial charge in [-0.25, -0.2) is 14.2 Å². The molecule has 0 saturated heterocycles. The van der Waals surface area contributed by atoms with Crippen molar-refractivity contribution >= 4 is 21.2 Å². The zero-order valence-electron chi connectivity index (χ0n) is 13.9. The third kappa shape index (κ3) is 2.81. The first-order valence-electron chi connectivity index (χ1n) is 7.86. The van der Waals surface area contributed by atoms with Gasteiger partial charge in [-0.05, 0) is 41.8 Å². The summed E-state index contributed by atoms with van der Waals surface area (Å²) < 4.78 is 45.5. The van der Waals surface area contributed by atoms with Gasteiger partial charge < -0.3 is 4.74 Å². The highest BCUT2D eigenvalue weighted by atomic mass is 32.2. The molecular weight excluding hydrogens is 361 g/mol. The molecule has 136 valence electrons. The maximum Gasteiger partial charge on any atom is 0.277 e. The van der Waals surface area contributed by atoms with Gasteiger partial charge in [0.2, 0.25) is 0 Å². The second kappa shape index (κ2) is 6.01. The lowest BCUT2D eigenvalue weighted by Crippen LogP contribution is -2.40. The fourth-order valence-electron chi connectivity index (χ4n) is 3.13. The summed E-state index contributed by atoms with van der Waals surface area (Å²) in [7, 11) is -2.24. The van der Waals surface area contributed by atoms with Crippen LogP contribution in [0.15, 0.2) is 30.3 Å². The normalized spacial score (nSPS) is 15.2. The quantitative estimate of drug-likeness (QED) is 0.737. The van der Waals surface area contributed by atoms with Gasteiger partial charge >= 0.3 is 0 Å². The Morgan fingerprint density at radius 1 is 1.23 bits per heavy atom. The Balaban J connectivity index is 1.78. The van der Waals surface area contributed by atoms with E-state index in [0.717, 1.165) is 9.87 Å². The molecule has 0 unspecified atom stereocenters. The summed E-state index contributed by atoms with van der Waals surface area (Å²) in [6.45, 7) is 0.312. The van der Waals surface area contributed by atoms with Gasteiger partial charge in [-0.1, -0.05) is 5.21 Å². The molecule has 26 heavy (non-hydrogen) atoms. The highest BCUT2D eigenvalue weighted by Gasteiger charge is 2.25. The molecule has 8 nitrogen and oxygen atoms in total. The van der Waals surface area contributed by atoms with Gasteiger partial charge in [0.15, 0.2) is 0 Å². The number of fused-ring (bicyclic) bond motifs is 2. The molecule has 2 heterocycles. The van der Waals surface area contributed by atoms with Crippen molar-refractivity contribution in [3.63, 3.8) is 0 Å². The van der Waals surface area contributed by atoms with Crippen LogP contribution < -0.4 is 9.88 Å². The molecule has 4 rings (SSSR count). The molecule has 0 bridgehead atoms. The Bertz CT molecular complexity index is 1110. The Hall–Kier alpha value is -2.56. The summed E-state index contributed by atoms with van der Waals surface area (Å²) in [5, 5.41) is 13.3. The van der Waals surface area contributed by atoms with Gasteiger partial charge in [-0.2, -0.15) is 12.7 Å². The molecule has 0 radical (unpaired) electrons. The minimum absolute atomic E-state index is 0.0562. The van der Waals surface area contributed by atoms with E-state index >= 15 is 0 Å². The fraction of sp³-hybridized carbons (Fsp3) is 0.250. The van der Waals surface area contributed by atoms with Gasteiger partial charge in [-0.15, -0.1) is 5.10 Å². The van der Waals surface area contributed by atoms with E-state index in [1.54, 1.807) is 31.4 Å². The molecule has 2 N–H and O–H groups in total. The van der Waals surface area contributed by atoms with Crippen LogP contribution in [0.25, 0.3) is 16.7 Å². The van der Waals surface area contributed by atoms with Gasteiger partial charge in [-0.3, -0.25) is 0 Å². The number of benzene rings is 2. The number of nitrogens with two attached hydrogens (primary N) is 1. The molecule has 0 spiro atoms. The smallest absolute Gasteiger partial charge is 0.277 e. The highest BCUT2D eigenvalue weighted by Crippen LogP contribution is 2.28. The third-order valence-electron chi connectivity index (χ3n) is 4.49. The Labute approximate surface area is 149 Å². The van der Waals surface area contributed by atoms with E-state index in [-0.39, 0.29) is 18.8 Å².